The summed E-state index contributed by atoms with van der Waals surface area (Å²) in [6, 6.07) is 9.68. The molecule has 0 saturated heterocycles. The maximum atomic E-state index is 15.5. The molecule has 4 aromatic rings. The predicted molar refractivity (Wildman–Crippen MR) is 184 cm³/mol. The van der Waals surface area contributed by atoms with E-state index in [0.29, 0.717) is 54.9 Å². The second kappa shape index (κ2) is 16.9. The number of rotatable bonds is 17. The van der Waals surface area contributed by atoms with Crippen LogP contribution in [0.3, 0.4) is 0 Å². The number of nitrogens with two attached hydrogens (primary N) is 2. The fraction of sp³-hybridized carbons (Fsp3) is 0.457. The molecule has 2 unspecified atom stereocenters. The van der Waals surface area contributed by atoms with Crippen molar-refractivity contribution < 1.29 is 27.0 Å². The largest absolute Gasteiger partial charge is 0.573 e. The maximum absolute atomic E-state index is 15.5. The number of nitrogens with zero attached hydrogens (tertiary/aromatic N) is 3. The first-order valence-electron chi connectivity index (χ1n) is 16.4. The molecule has 2 aromatic heterocycles. The minimum absolute atomic E-state index is 0.116. The summed E-state index contributed by atoms with van der Waals surface area (Å²) in [7, 11) is 1.53. The number of ether oxygens (including phenoxy) is 2. The number of aromatic amines is 1. The minimum atomic E-state index is -5.10. The van der Waals surface area contributed by atoms with Gasteiger partial charge in [0.25, 0.3) is 0 Å². The Morgan fingerprint density at radius 3 is 2.61 bits per heavy atom. The first kappa shape index (κ1) is 37.5. The Hall–Kier alpha value is -4.27. The first-order chi connectivity index (χ1) is 23.3. The van der Waals surface area contributed by atoms with Crippen LogP contribution in [0.2, 0.25) is 0 Å². The zero-order valence-electron chi connectivity index (χ0n) is 28.3. The number of hydrogen-bond acceptors (Lipinski definition) is 7. The number of halogens is 4. The van der Waals surface area contributed by atoms with Crippen LogP contribution in [0.15, 0.2) is 52.4 Å². The van der Waals surface area contributed by atoms with E-state index in [4.69, 9.17) is 16.2 Å². The molecule has 49 heavy (non-hydrogen) atoms. The Morgan fingerprint density at radius 1 is 1.16 bits per heavy atom. The van der Waals surface area contributed by atoms with Gasteiger partial charge in [-0.25, -0.2) is 9.18 Å². The van der Waals surface area contributed by atoms with Crippen molar-refractivity contribution in [2.75, 3.05) is 26.8 Å². The van der Waals surface area contributed by atoms with Gasteiger partial charge in [0.2, 0.25) is 0 Å². The highest BCUT2D eigenvalue weighted by molar-refractivity contribution is 5.83. The Bertz CT molecular complexity index is 1800. The third-order valence-corrected chi connectivity index (χ3v) is 8.12. The quantitative estimate of drug-likeness (QED) is 0.0446. The zero-order valence-corrected chi connectivity index (χ0v) is 28.3. The summed E-state index contributed by atoms with van der Waals surface area (Å²) < 4.78 is 65.6. The van der Waals surface area contributed by atoms with Crippen LogP contribution < -0.4 is 27.2 Å². The summed E-state index contributed by atoms with van der Waals surface area (Å²) in [5.74, 6) is -1.58. The lowest BCUT2D eigenvalue weighted by Crippen LogP contribution is -2.25. The van der Waals surface area contributed by atoms with E-state index in [9.17, 15) is 18.0 Å². The zero-order chi connectivity index (χ0) is 35.7. The Morgan fingerprint density at radius 2 is 1.94 bits per heavy atom. The Labute approximate surface area is 282 Å². The molecular formula is C35H45F4N7O3. The molecule has 0 radical (unpaired) electrons. The van der Waals surface area contributed by atoms with Crippen LogP contribution in [0.25, 0.3) is 28.0 Å². The third kappa shape index (κ3) is 10.4. The Kier molecular flexibility index (Phi) is 13.0. The smallest absolute Gasteiger partial charge is 0.403 e. The molecule has 14 heteroatoms. The van der Waals surface area contributed by atoms with Gasteiger partial charge in [-0.2, -0.15) is 4.98 Å². The molecule has 266 valence electrons. The van der Waals surface area contributed by atoms with Gasteiger partial charge >= 0.3 is 12.1 Å². The van der Waals surface area contributed by atoms with Crippen LogP contribution in [0.1, 0.15) is 68.7 Å². The van der Waals surface area contributed by atoms with Gasteiger partial charge in [-0.1, -0.05) is 19.4 Å². The van der Waals surface area contributed by atoms with E-state index in [1.54, 1.807) is 19.2 Å². The van der Waals surface area contributed by atoms with Crippen LogP contribution in [-0.2, 0) is 11.2 Å². The molecule has 0 spiro atoms. The number of nitrogens with one attached hydrogen (secondary N) is 2. The molecule has 0 bridgehead atoms. The lowest BCUT2D eigenvalue weighted by molar-refractivity contribution is -0.275. The van der Waals surface area contributed by atoms with Gasteiger partial charge in [-0.3, -0.25) is 9.56 Å². The van der Waals surface area contributed by atoms with Crippen LogP contribution in [-0.4, -0.2) is 59.6 Å². The van der Waals surface area contributed by atoms with Gasteiger partial charge in [-0.15, -0.1) is 13.2 Å². The topological polar surface area (TPSA) is 146 Å². The lowest BCUT2D eigenvalue weighted by Gasteiger charge is -2.21. The van der Waals surface area contributed by atoms with Crippen molar-refractivity contribution in [3.05, 3.63) is 75.6 Å². The van der Waals surface area contributed by atoms with Crippen molar-refractivity contribution in [2.24, 2.45) is 16.5 Å². The predicted octanol–water partition coefficient (Wildman–Crippen LogP) is 6.22. The van der Waals surface area contributed by atoms with Gasteiger partial charge in [0.05, 0.1) is 23.8 Å². The number of alkyl halides is 3. The van der Waals surface area contributed by atoms with Gasteiger partial charge in [-0.05, 0) is 99.5 Å². The fourth-order valence-electron chi connectivity index (χ4n) is 5.85. The number of hydrogen-bond donors (Lipinski definition) is 4. The standard InChI is InChI=1S/C35H45F4N7O3/c1-5-8-29(43-14-7-13-42-22(3)40)27-12-11-26(15-21(27)2)46-19-24-18-30(44-33(24)45-34(46)47)28-16-23(9-6-10-25(41)20-48-4)17-31(32(28)36)49-35(37,38)39/h11-12,15-19,25,29,43H,5-10,13-14,20,41H2,1-4H3,(H2,40,42)(H,44,45,47). The highest BCUT2D eigenvalue weighted by Crippen LogP contribution is 2.35. The van der Waals surface area contributed by atoms with E-state index in [1.165, 1.54) is 17.7 Å². The first-order valence-corrected chi connectivity index (χ1v) is 16.4. The molecule has 0 saturated carbocycles. The molecule has 0 amide bonds. The SMILES string of the molecule is CCCC(NCCCN=C(C)N)c1ccc(-n2cc3cc(-c4cc(CCCC(N)COC)cc(OC(F)(F)F)c4F)[nH]c3nc2=O)cc1C. The molecule has 6 N–H and O–H groups in total. The van der Waals surface area contributed by atoms with E-state index >= 15 is 4.39 Å². The Balaban J connectivity index is 1.64. The average molecular weight is 688 g/mol. The molecule has 10 nitrogen and oxygen atoms in total. The number of aromatic nitrogens is 3. The van der Waals surface area contributed by atoms with E-state index in [2.05, 4.69) is 31.9 Å². The van der Waals surface area contributed by atoms with Crippen molar-refractivity contribution in [1.29, 1.82) is 0 Å². The number of H-pyrrole nitrogens is 1. The van der Waals surface area contributed by atoms with Crippen molar-refractivity contribution >= 4 is 16.9 Å². The number of aryl methyl sites for hydroxylation is 2. The van der Waals surface area contributed by atoms with Crippen LogP contribution in [0, 0.1) is 12.7 Å². The number of benzene rings is 2. The summed E-state index contributed by atoms with van der Waals surface area (Å²) in [6.45, 7) is 7.64. The summed E-state index contributed by atoms with van der Waals surface area (Å²) in [5, 5.41) is 4.07. The highest BCUT2D eigenvalue weighted by atomic mass is 19.4. The van der Waals surface area contributed by atoms with Crippen molar-refractivity contribution in [3.8, 4) is 22.7 Å². The van der Waals surface area contributed by atoms with E-state index in [0.717, 1.165) is 43.0 Å². The summed E-state index contributed by atoms with van der Waals surface area (Å²) in [5.41, 5.74) is 14.3. The minimum Gasteiger partial charge on any atom is -0.403 e. The van der Waals surface area contributed by atoms with E-state index < -0.39 is 23.6 Å². The van der Waals surface area contributed by atoms with Gasteiger partial charge < -0.3 is 31.2 Å². The fourth-order valence-corrected chi connectivity index (χ4v) is 5.85. The average Bonchev–Trinajstić information content (AvgIpc) is 3.43. The monoisotopic (exact) mass is 687 g/mol. The molecular weight excluding hydrogens is 642 g/mol. The normalized spacial score (nSPS) is 13.6. The van der Waals surface area contributed by atoms with Crippen LogP contribution in [0.5, 0.6) is 5.75 Å². The summed E-state index contributed by atoms with van der Waals surface area (Å²) >= 11 is 0. The second-order valence-electron chi connectivity index (χ2n) is 12.2. The molecule has 0 aliphatic heterocycles. The van der Waals surface area contributed by atoms with Crippen LogP contribution >= 0.6 is 0 Å². The molecule has 2 aromatic carbocycles. The summed E-state index contributed by atoms with van der Waals surface area (Å²) in [4.78, 5) is 24.5. The van der Waals surface area contributed by atoms with Gasteiger partial charge in [0, 0.05) is 42.9 Å². The van der Waals surface area contributed by atoms with Crippen molar-refractivity contribution in [3.63, 3.8) is 0 Å². The molecule has 2 atom stereocenters. The van der Waals surface area contributed by atoms with Crippen LogP contribution in [0.4, 0.5) is 17.6 Å². The molecule has 2 heterocycles. The van der Waals surface area contributed by atoms with Gasteiger partial charge in [0.1, 0.15) is 5.65 Å². The third-order valence-electron chi connectivity index (χ3n) is 8.12. The summed E-state index contributed by atoms with van der Waals surface area (Å²) in [6.07, 6.45) is 0.646. The van der Waals surface area contributed by atoms with E-state index in [-0.39, 0.29) is 29.0 Å². The number of aliphatic imine (C=N–C) groups is 1. The number of methoxy groups -OCH3 is 1. The highest BCUT2D eigenvalue weighted by Gasteiger charge is 2.33. The molecule has 0 aliphatic rings. The molecule has 4 rings (SSSR count). The van der Waals surface area contributed by atoms with E-state index in [1.807, 2.05) is 25.1 Å². The van der Waals surface area contributed by atoms with Gasteiger partial charge in [0.15, 0.2) is 11.6 Å². The lowest BCUT2D eigenvalue weighted by atomic mass is 9.97. The van der Waals surface area contributed by atoms with Crippen molar-refractivity contribution in [1.82, 2.24) is 19.9 Å². The second-order valence-corrected chi connectivity index (χ2v) is 12.2. The maximum Gasteiger partial charge on any atom is 0.573 e. The van der Waals surface area contributed by atoms with Crippen molar-refractivity contribution in [2.45, 2.75) is 77.7 Å². The number of amidine groups is 1. The molecule has 0 fully saturated rings. The molecule has 0 aliphatic carbocycles. The number of fused-ring (bicyclic) bond motifs is 1.